The van der Waals surface area contributed by atoms with Crippen LogP contribution < -0.4 is 11.1 Å². The van der Waals surface area contributed by atoms with Crippen LogP contribution >= 0.6 is 7.82 Å². The van der Waals surface area contributed by atoms with Crippen LogP contribution in [0.15, 0.2) is 12.2 Å². The molecule has 0 aromatic rings. The maximum Gasteiger partial charge on any atom is 0.472 e. The summed E-state index contributed by atoms with van der Waals surface area (Å²) in [4.78, 5) is 22.5. The van der Waals surface area contributed by atoms with Crippen LogP contribution in [0.5, 0.6) is 0 Å². The minimum absolute atomic E-state index is 0.0508. The van der Waals surface area contributed by atoms with Gasteiger partial charge in [0.05, 0.1) is 37.9 Å². The molecule has 0 aliphatic rings. The molecule has 43 heavy (non-hydrogen) atoms. The van der Waals surface area contributed by atoms with Crippen LogP contribution in [0, 0.1) is 0 Å². The molecular formula is C33H67N2O7P. The first-order chi connectivity index (χ1) is 20.8. The standard InChI is InChI=1S/C33H67N2O7P/c1-3-5-7-9-11-13-15-16-18-20-22-24-30(36)28-33(38)35-31(29-42-43(39,40)41-27-26-34)32(37)25-23-21-19-17-14-12-10-8-6-4-2/h23,25,30-32,36-37H,3-22,24,26-29,34H2,1-2H3,(H,35,38)(H,39,40)/b25-23+. The minimum atomic E-state index is -4.38. The number of nitrogens with one attached hydrogen (secondary N) is 1. The quantitative estimate of drug-likeness (QED) is 0.0290. The zero-order valence-electron chi connectivity index (χ0n) is 27.6. The van der Waals surface area contributed by atoms with Crippen LogP contribution in [0.2, 0.25) is 0 Å². The largest absolute Gasteiger partial charge is 0.472 e. The fraction of sp³-hybridized carbons (Fsp3) is 0.909. The Morgan fingerprint density at radius 2 is 1.28 bits per heavy atom. The summed E-state index contributed by atoms with van der Waals surface area (Å²) in [6, 6.07) is -0.974. The zero-order valence-corrected chi connectivity index (χ0v) is 28.5. The Labute approximate surface area is 263 Å². The molecule has 10 heteroatoms. The van der Waals surface area contributed by atoms with Gasteiger partial charge in [-0.05, 0) is 19.3 Å². The van der Waals surface area contributed by atoms with E-state index in [4.69, 9.17) is 14.8 Å². The lowest BCUT2D eigenvalue weighted by Crippen LogP contribution is -2.46. The molecule has 256 valence electrons. The highest BCUT2D eigenvalue weighted by molar-refractivity contribution is 7.47. The third kappa shape index (κ3) is 28.4. The van der Waals surface area contributed by atoms with E-state index in [9.17, 15) is 24.5 Å². The molecular weight excluding hydrogens is 567 g/mol. The summed E-state index contributed by atoms with van der Waals surface area (Å²) in [7, 11) is -4.38. The molecule has 1 amide bonds. The number of amides is 1. The van der Waals surface area contributed by atoms with Crippen molar-refractivity contribution in [3.63, 3.8) is 0 Å². The van der Waals surface area contributed by atoms with E-state index in [1.165, 1.54) is 89.9 Å². The third-order valence-electron chi connectivity index (χ3n) is 7.67. The first-order valence-electron chi connectivity index (χ1n) is 17.4. The summed E-state index contributed by atoms with van der Waals surface area (Å²) >= 11 is 0. The lowest BCUT2D eigenvalue weighted by Gasteiger charge is -2.24. The Hall–Kier alpha value is -0.800. The predicted octanol–water partition coefficient (Wildman–Crippen LogP) is 7.46. The maximum atomic E-state index is 12.7. The average molecular weight is 635 g/mol. The highest BCUT2D eigenvalue weighted by atomic mass is 31.2. The van der Waals surface area contributed by atoms with Gasteiger partial charge in [0, 0.05) is 6.54 Å². The summed E-state index contributed by atoms with van der Waals surface area (Å²) in [6.07, 6.45) is 25.8. The number of phosphoric acid groups is 1. The second-order valence-corrected chi connectivity index (χ2v) is 13.4. The fourth-order valence-corrected chi connectivity index (χ4v) is 5.76. The molecule has 0 bridgehead atoms. The lowest BCUT2D eigenvalue weighted by atomic mass is 10.0. The molecule has 0 spiro atoms. The van der Waals surface area contributed by atoms with Gasteiger partial charge in [0.1, 0.15) is 0 Å². The Balaban J connectivity index is 4.49. The van der Waals surface area contributed by atoms with Gasteiger partial charge in [-0.3, -0.25) is 13.8 Å². The molecule has 9 nitrogen and oxygen atoms in total. The number of allylic oxidation sites excluding steroid dienone is 1. The van der Waals surface area contributed by atoms with E-state index in [-0.39, 0.29) is 19.6 Å². The van der Waals surface area contributed by atoms with E-state index >= 15 is 0 Å². The Morgan fingerprint density at radius 3 is 1.79 bits per heavy atom. The first kappa shape index (κ1) is 42.2. The molecule has 0 heterocycles. The van der Waals surface area contributed by atoms with Crippen LogP contribution in [0.3, 0.4) is 0 Å². The molecule has 0 aliphatic heterocycles. The van der Waals surface area contributed by atoms with E-state index in [2.05, 4.69) is 19.2 Å². The summed E-state index contributed by atoms with van der Waals surface area (Å²) in [6.45, 7) is 3.91. The second-order valence-electron chi connectivity index (χ2n) is 11.9. The highest BCUT2D eigenvalue weighted by Gasteiger charge is 2.27. The van der Waals surface area contributed by atoms with Crippen molar-refractivity contribution in [3.8, 4) is 0 Å². The zero-order chi connectivity index (χ0) is 32.0. The normalized spacial score (nSPS) is 15.4. The van der Waals surface area contributed by atoms with Gasteiger partial charge in [0.25, 0.3) is 0 Å². The summed E-state index contributed by atoms with van der Waals surface area (Å²) in [5.74, 6) is -0.449. The van der Waals surface area contributed by atoms with Gasteiger partial charge in [-0.15, -0.1) is 0 Å². The monoisotopic (exact) mass is 634 g/mol. The number of carbonyl (C=O) groups excluding carboxylic acids is 1. The molecule has 4 atom stereocenters. The van der Waals surface area contributed by atoms with E-state index in [0.29, 0.717) is 6.42 Å². The Morgan fingerprint density at radius 1 is 0.791 bits per heavy atom. The number of hydrogen-bond donors (Lipinski definition) is 5. The van der Waals surface area contributed by atoms with Crippen molar-refractivity contribution >= 4 is 13.7 Å². The second kappa shape index (κ2) is 29.9. The molecule has 0 saturated heterocycles. The van der Waals surface area contributed by atoms with Crippen molar-refractivity contribution < 1.29 is 33.5 Å². The van der Waals surface area contributed by atoms with E-state index in [1.54, 1.807) is 6.08 Å². The van der Waals surface area contributed by atoms with Gasteiger partial charge in [0.2, 0.25) is 5.91 Å². The fourth-order valence-electron chi connectivity index (χ4n) is 5.00. The van der Waals surface area contributed by atoms with Gasteiger partial charge >= 0.3 is 7.82 Å². The van der Waals surface area contributed by atoms with Crippen LogP contribution in [-0.2, 0) is 18.4 Å². The SMILES string of the molecule is CCCCCCCCCC/C=C/C(O)C(COP(=O)(O)OCCN)NC(=O)CC(O)CCCCCCCCCCCCC. The molecule has 6 N–H and O–H groups in total. The smallest absolute Gasteiger partial charge is 0.393 e. The molecule has 0 saturated carbocycles. The molecule has 0 rings (SSSR count). The number of carbonyl (C=O) groups is 1. The molecule has 0 fully saturated rings. The maximum absolute atomic E-state index is 12.7. The molecule has 0 aliphatic carbocycles. The van der Waals surface area contributed by atoms with Crippen molar-refractivity contribution in [1.29, 1.82) is 0 Å². The number of unbranched alkanes of at least 4 members (excludes halogenated alkanes) is 18. The van der Waals surface area contributed by atoms with Crippen LogP contribution in [-0.4, -0.2) is 59.0 Å². The summed E-state index contributed by atoms with van der Waals surface area (Å²) < 4.78 is 21.9. The van der Waals surface area contributed by atoms with Gasteiger partial charge in [-0.1, -0.05) is 142 Å². The number of aliphatic hydroxyl groups is 2. The number of hydrogen-bond acceptors (Lipinski definition) is 7. The Kier molecular flexibility index (Phi) is 29.3. The summed E-state index contributed by atoms with van der Waals surface area (Å²) in [5.41, 5.74) is 5.32. The van der Waals surface area contributed by atoms with E-state index < -0.39 is 38.6 Å². The topological polar surface area (TPSA) is 151 Å². The van der Waals surface area contributed by atoms with Gasteiger partial charge in [0.15, 0.2) is 0 Å². The highest BCUT2D eigenvalue weighted by Crippen LogP contribution is 2.43. The molecule has 0 radical (unpaired) electrons. The number of rotatable bonds is 32. The summed E-state index contributed by atoms with van der Waals surface area (Å²) in [5, 5.41) is 23.8. The first-order valence-corrected chi connectivity index (χ1v) is 18.9. The van der Waals surface area contributed by atoms with Crippen molar-refractivity contribution in [2.45, 2.75) is 173 Å². The van der Waals surface area contributed by atoms with Gasteiger partial charge < -0.3 is 26.2 Å². The van der Waals surface area contributed by atoms with Gasteiger partial charge in [-0.2, -0.15) is 0 Å². The van der Waals surface area contributed by atoms with E-state index in [0.717, 1.165) is 38.5 Å². The third-order valence-corrected chi connectivity index (χ3v) is 8.65. The molecule has 4 unspecified atom stereocenters. The number of nitrogens with two attached hydrogens (primary N) is 1. The van der Waals surface area contributed by atoms with Crippen molar-refractivity contribution in [3.05, 3.63) is 12.2 Å². The van der Waals surface area contributed by atoms with Gasteiger partial charge in [-0.25, -0.2) is 4.57 Å². The average Bonchev–Trinajstić information content (AvgIpc) is 2.97. The lowest BCUT2D eigenvalue weighted by molar-refractivity contribution is -0.124. The van der Waals surface area contributed by atoms with Crippen molar-refractivity contribution in [2.75, 3.05) is 19.8 Å². The minimum Gasteiger partial charge on any atom is -0.393 e. The Bertz CT molecular complexity index is 711. The predicted molar refractivity (Wildman–Crippen MR) is 177 cm³/mol. The molecule has 0 aromatic carbocycles. The van der Waals surface area contributed by atoms with Crippen LogP contribution in [0.1, 0.15) is 155 Å². The molecule has 0 aromatic heterocycles. The van der Waals surface area contributed by atoms with E-state index in [1.807, 2.05) is 6.08 Å². The van der Waals surface area contributed by atoms with Crippen LogP contribution in [0.25, 0.3) is 0 Å². The van der Waals surface area contributed by atoms with Crippen LogP contribution in [0.4, 0.5) is 0 Å². The van der Waals surface area contributed by atoms with Crippen molar-refractivity contribution in [1.82, 2.24) is 5.32 Å². The number of aliphatic hydroxyl groups excluding tert-OH is 2. The number of phosphoric ester groups is 1. The van der Waals surface area contributed by atoms with Crippen molar-refractivity contribution in [2.24, 2.45) is 5.73 Å².